The zero-order chi connectivity index (χ0) is 13.0. The molecule has 1 aromatic rings. The Morgan fingerprint density at radius 2 is 2.28 bits per heavy atom. The molecule has 1 aliphatic rings. The highest BCUT2D eigenvalue weighted by atomic mass is 16.7. The number of hydrogen-bond donors (Lipinski definition) is 1. The van der Waals surface area contributed by atoms with Crippen LogP contribution in [0.4, 0.5) is 0 Å². The van der Waals surface area contributed by atoms with E-state index in [0.29, 0.717) is 24.3 Å². The molecule has 0 radical (unpaired) electrons. The number of fused-ring (bicyclic) bond motifs is 1. The number of carbonyl (C=O) groups is 2. The molecule has 18 heavy (non-hydrogen) atoms. The summed E-state index contributed by atoms with van der Waals surface area (Å²) in [6.07, 6.45) is 0.816. The van der Waals surface area contributed by atoms with Crippen LogP contribution < -0.4 is 14.8 Å². The summed E-state index contributed by atoms with van der Waals surface area (Å²) in [6.45, 7) is 0.200. The molecule has 6 heteroatoms. The van der Waals surface area contributed by atoms with Crippen LogP contribution in [0.1, 0.15) is 5.56 Å². The van der Waals surface area contributed by atoms with Crippen molar-refractivity contribution in [2.75, 3.05) is 13.9 Å². The molecule has 1 aliphatic heterocycles. The van der Waals surface area contributed by atoms with Gasteiger partial charge in [0.2, 0.25) is 13.2 Å². The van der Waals surface area contributed by atoms with Gasteiger partial charge in [-0.05, 0) is 17.7 Å². The van der Waals surface area contributed by atoms with Crippen LogP contribution in [-0.4, -0.2) is 32.3 Å². The zero-order valence-corrected chi connectivity index (χ0v) is 9.84. The van der Waals surface area contributed by atoms with Gasteiger partial charge in [-0.1, -0.05) is 6.07 Å². The fourth-order valence-electron chi connectivity index (χ4n) is 1.74. The van der Waals surface area contributed by atoms with Crippen LogP contribution in [0, 0.1) is 0 Å². The van der Waals surface area contributed by atoms with Crippen LogP contribution in [0.3, 0.4) is 0 Å². The fourth-order valence-corrected chi connectivity index (χ4v) is 1.74. The van der Waals surface area contributed by atoms with E-state index in [0.717, 1.165) is 5.56 Å². The average Bonchev–Trinajstić information content (AvgIpc) is 2.84. The lowest BCUT2D eigenvalue weighted by molar-refractivity contribution is -0.144. The number of hydrogen-bond acceptors (Lipinski definition) is 5. The van der Waals surface area contributed by atoms with E-state index in [1.54, 1.807) is 12.1 Å². The van der Waals surface area contributed by atoms with Gasteiger partial charge in [-0.3, -0.25) is 4.79 Å². The highest BCUT2D eigenvalue weighted by molar-refractivity contribution is 5.78. The molecule has 1 aromatic carbocycles. The molecule has 6 nitrogen and oxygen atoms in total. The quantitative estimate of drug-likeness (QED) is 0.599. The first-order valence-electron chi connectivity index (χ1n) is 5.40. The lowest BCUT2D eigenvalue weighted by atomic mass is 10.1. The molecule has 0 aliphatic carbocycles. The Morgan fingerprint density at radius 1 is 1.50 bits per heavy atom. The number of methoxy groups -OCH3 is 1. The predicted molar refractivity (Wildman–Crippen MR) is 61.3 cm³/mol. The Kier molecular flexibility index (Phi) is 3.66. The van der Waals surface area contributed by atoms with Gasteiger partial charge in [-0.25, -0.2) is 4.79 Å². The van der Waals surface area contributed by atoms with Crippen molar-refractivity contribution in [3.05, 3.63) is 23.8 Å². The van der Waals surface area contributed by atoms with Gasteiger partial charge < -0.3 is 19.5 Å². The Morgan fingerprint density at radius 3 is 3.00 bits per heavy atom. The maximum absolute atomic E-state index is 11.4. The van der Waals surface area contributed by atoms with Crippen molar-refractivity contribution in [1.82, 2.24) is 5.32 Å². The Balaban J connectivity index is 2.11. The molecule has 1 atom stereocenters. The molecule has 0 aromatic heterocycles. The van der Waals surface area contributed by atoms with E-state index in [1.165, 1.54) is 7.11 Å². The second kappa shape index (κ2) is 5.39. The van der Waals surface area contributed by atoms with Crippen LogP contribution >= 0.6 is 0 Å². The molecule has 0 spiro atoms. The van der Waals surface area contributed by atoms with E-state index in [2.05, 4.69) is 10.1 Å². The van der Waals surface area contributed by atoms with Crippen molar-refractivity contribution in [2.24, 2.45) is 0 Å². The van der Waals surface area contributed by atoms with Crippen molar-refractivity contribution in [3.63, 3.8) is 0 Å². The summed E-state index contributed by atoms with van der Waals surface area (Å²) in [5.74, 6) is 0.832. The van der Waals surface area contributed by atoms with Gasteiger partial charge in [0.15, 0.2) is 11.5 Å². The van der Waals surface area contributed by atoms with Crippen molar-refractivity contribution in [3.8, 4) is 11.5 Å². The van der Waals surface area contributed by atoms with E-state index < -0.39 is 12.0 Å². The van der Waals surface area contributed by atoms with Crippen LogP contribution in [0.5, 0.6) is 11.5 Å². The third-order valence-electron chi connectivity index (χ3n) is 2.63. The highest BCUT2D eigenvalue weighted by Gasteiger charge is 2.20. The van der Waals surface area contributed by atoms with Gasteiger partial charge in [0.1, 0.15) is 6.04 Å². The summed E-state index contributed by atoms with van der Waals surface area (Å²) in [4.78, 5) is 21.9. The standard InChI is InChI=1S/C12H13NO5/c1-16-12(15)9(13-6-14)4-8-2-3-10-11(5-8)18-7-17-10/h2-3,5-6,9H,4,7H2,1H3,(H,13,14). The van der Waals surface area contributed by atoms with Gasteiger partial charge in [0, 0.05) is 6.42 Å². The monoisotopic (exact) mass is 251 g/mol. The number of nitrogens with one attached hydrogen (secondary N) is 1. The molecular formula is C12H13NO5. The summed E-state index contributed by atoms with van der Waals surface area (Å²) in [5, 5.41) is 2.42. The molecular weight excluding hydrogens is 238 g/mol. The van der Waals surface area contributed by atoms with Crippen LogP contribution in [0.15, 0.2) is 18.2 Å². The first kappa shape index (κ1) is 12.2. The lowest BCUT2D eigenvalue weighted by Gasteiger charge is -2.13. The minimum atomic E-state index is -0.701. The maximum atomic E-state index is 11.4. The number of ether oxygens (including phenoxy) is 3. The topological polar surface area (TPSA) is 73.9 Å². The largest absolute Gasteiger partial charge is 0.467 e. The van der Waals surface area contributed by atoms with Gasteiger partial charge >= 0.3 is 5.97 Å². The molecule has 96 valence electrons. The minimum absolute atomic E-state index is 0.200. The summed E-state index contributed by atoms with van der Waals surface area (Å²) in [6, 6.07) is 4.67. The maximum Gasteiger partial charge on any atom is 0.328 e. The summed E-state index contributed by atoms with van der Waals surface area (Å²) in [7, 11) is 1.28. The van der Waals surface area contributed by atoms with E-state index in [-0.39, 0.29) is 6.79 Å². The van der Waals surface area contributed by atoms with E-state index in [1.807, 2.05) is 6.07 Å². The molecule has 0 saturated carbocycles. The summed E-state index contributed by atoms with van der Waals surface area (Å²) < 4.78 is 15.0. The van der Waals surface area contributed by atoms with Gasteiger partial charge in [0.05, 0.1) is 7.11 Å². The van der Waals surface area contributed by atoms with Crippen LogP contribution in [0.2, 0.25) is 0 Å². The van der Waals surface area contributed by atoms with Gasteiger partial charge in [0.25, 0.3) is 0 Å². The lowest BCUT2D eigenvalue weighted by Crippen LogP contribution is -2.38. The van der Waals surface area contributed by atoms with Gasteiger partial charge in [-0.15, -0.1) is 0 Å². The van der Waals surface area contributed by atoms with E-state index >= 15 is 0 Å². The molecule has 1 N–H and O–H groups in total. The molecule has 0 fully saturated rings. The average molecular weight is 251 g/mol. The predicted octanol–water partition coefficient (Wildman–Crippen LogP) is 0.245. The number of carbonyl (C=O) groups excluding carboxylic acids is 2. The van der Waals surface area contributed by atoms with Crippen molar-refractivity contribution in [1.29, 1.82) is 0 Å². The molecule has 1 unspecified atom stereocenters. The number of esters is 1. The SMILES string of the molecule is COC(=O)C(Cc1ccc2c(c1)OCO2)NC=O. The fraction of sp³-hybridized carbons (Fsp3) is 0.333. The molecule has 0 saturated heterocycles. The molecule has 2 rings (SSSR count). The van der Waals surface area contributed by atoms with Crippen molar-refractivity contribution in [2.45, 2.75) is 12.5 Å². The third kappa shape index (κ3) is 2.53. The van der Waals surface area contributed by atoms with E-state index in [9.17, 15) is 9.59 Å². The van der Waals surface area contributed by atoms with Crippen LogP contribution in [0.25, 0.3) is 0 Å². The Labute approximate surface area is 104 Å². The number of benzene rings is 1. The Hall–Kier alpha value is -2.24. The smallest absolute Gasteiger partial charge is 0.328 e. The first-order valence-corrected chi connectivity index (χ1v) is 5.40. The minimum Gasteiger partial charge on any atom is -0.467 e. The first-order chi connectivity index (χ1) is 8.74. The summed E-state index contributed by atoms with van der Waals surface area (Å²) >= 11 is 0. The second-order valence-corrected chi connectivity index (χ2v) is 3.75. The van der Waals surface area contributed by atoms with Crippen molar-refractivity contribution < 1.29 is 23.8 Å². The van der Waals surface area contributed by atoms with Crippen LogP contribution in [-0.2, 0) is 20.7 Å². The highest BCUT2D eigenvalue weighted by Crippen LogP contribution is 2.32. The zero-order valence-electron chi connectivity index (χ0n) is 9.84. The molecule has 1 heterocycles. The number of amides is 1. The second-order valence-electron chi connectivity index (χ2n) is 3.75. The molecule has 1 amide bonds. The van der Waals surface area contributed by atoms with Gasteiger partial charge in [-0.2, -0.15) is 0 Å². The Bertz CT molecular complexity index is 460. The number of rotatable bonds is 5. The normalized spacial score (nSPS) is 13.8. The third-order valence-corrected chi connectivity index (χ3v) is 2.63. The molecule has 0 bridgehead atoms. The van der Waals surface area contributed by atoms with Crippen molar-refractivity contribution >= 4 is 12.4 Å². The summed E-state index contributed by atoms with van der Waals surface area (Å²) in [5.41, 5.74) is 0.851. The van der Waals surface area contributed by atoms with E-state index in [4.69, 9.17) is 9.47 Å².